The first-order valence-electron chi connectivity index (χ1n) is 14.3. The summed E-state index contributed by atoms with van der Waals surface area (Å²) >= 11 is 1.35. The van der Waals surface area contributed by atoms with Crippen molar-refractivity contribution in [3.8, 4) is 0 Å². The Kier molecular flexibility index (Phi) is 10.0. The third-order valence-corrected chi connectivity index (χ3v) is 8.02. The predicted octanol–water partition coefficient (Wildman–Crippen LogP) is 5.73. The summed E-state index contributed by atoms with van der Waals surface area (Å²) in [5, 5.41) is 15.8. The fourth-order valence-electron chi connectivity index (χ4n) is 5.37. The molecule has 0 spiro atoms. The number of carbonyl (C=O) groups excluding carboxylic acids is 3. The maximum absolute atomic E-state index is 13.5. The molecule has 2 atom stereocenters. The van der Waals surface area contributed by atoms with Crippen LogP contribution >= 0.6 is 11.3 Å². The third kappa shape index (κ3) is 8.17. The highest BCUT2D eigenvalue weighted by molar-refractivity contribution is 7.09. The number of nitrogens with zero attached hydrogens (tertiary/aromatic N) is 2. The van der Waals surface area contributed by atoms with E-state index in [4.69, 9.17) is 4.74 Å². The highest BCUT2D eigenvalue weighted by Crippen LogP contribution is 2.28. The molecule has 1 saturated carbocycles. The fraction of sp³-hybridized carbons (Fsp3) is 0.586. The van der Waals surface area contributed by atoms with Gasteiger partial charge in [0.15, 0.2) is 0 Å². The number of amides is 4. The largest absolute Gasteiger partial charge is 0.444 e. The van der Waals surface area contributed by atoms with Crippen molar-refractivity contribution in [1.82, 2.24) is 20.5 Å². The van der Waals surface area contributed by atoms with E-state index in [1.165, 1.54) is 11.3 Å². The van der Waals surface area contributed by atoms with Gasteiger partial charge in [-0.1, -0.05) is 25.8 Å². The Hall–Kier alpha value is -3.18. The fourth-order valence-corrected chi connectivity index (χ4v) is 6.08. The van der Waals surface area contributed by atoms with Crippen LogP contribution in [-0.4, -0.2) is 58.2 Å². The molecule has 11 heteroatoms. The van der Waals surface area contributed by atoms with Gasteiger partial charge in [-0.2, -0.15) is 0 Å². The molecule has 2 fully saturated rings. The van der Waals surface area contributed by atoms with Gasteiger partial charge in [0.25, 0.3) is 5.91 Å². The molecule has 2 aromatic heterocycles. The van der Waals surface area contributed by atoms with Crippen LogP contribution in [0.1, 0.15) is 88.7 Å². The van der Waals surface area contributed by atoms with Crippen molar-refractivity contribution in [3.05, 3.63) is 40.3 Å². The molecule has 0 radical (unpaired) electrons. The molecular formula is C29H42N6O4S. The van der Waals surface area contributed by atoms with Gasteiger partial charge in [0.05, 0.1) is 11.4 Å². The molecule has 2 aromatic rings. The lowest BCUT2D eigenvalue weighted by Gasteiger charge is -2.36. The van der Waals surface area contributed by atoms with Gasteiger partial charge >= 0.3 is 12.1 Å². The Morgan fingerprint density at radius 1 is 1.10 bits per heavy atom. The number of hydrogen-bond acceptors (Lipinski definition) is 7. The Labute approximate surface area is 240 Å². The van der Waals surface area contributed by atoms with Crippen LogP contribution in [0.25, 0.3) is 0 Å². The molecule has 2 unspecified atom stereocenters. The van der Waals surface area contributed by atoms with Crippen molar-refractivity contribution in [2.45, 2.75) is 103 Å². The van der Waals surface area contributed by atoms with E-state index in [1.807, 2.05) is 11.0 Å². The highest BCUT2D eigenvalue weighted by Gasteiger charge is 2.32. The monoisotopic (exact) mass is 570 g/mol. The third-order valence-electron chi connectivity index (χ3n) is 7.28. The van der Waals surface area contributed by atoms with Gasteiger partial charge in [0, 0.05) is 41.6 Å². The second-order valence-corrected chi connectivity index (χ2v) is 12.3. The molecular weight excluding hydrogens is 528 g/mol. The number of ether oxygens (including phenoxy) is 1. The molecule has 1 saturated heterocycles. The summed E-state index contributed by atoms with van der Waals surface area (Å²) < 4.78 is 5.30. The summed E-state index contributed by atoms with van der Waals surface area (Å²) in [7, 11) is 0. The summed E-state index contributed by atoms with van der Waals surface area (Å²) in [6.07, 6.45) is 8.46. The molecule has 3 heterocycles. The molecule has 1 aliphatic heterocycles. The van der Waals surface area contributed by atoms with Crippen LogP contribution in [0.2, 0.25) is 0 Å². The molecule has 4 rings (SSSR count). The van der Waals surface area contributed by atoms with E-state index >= 15 is 0 Å². The molecule has 40 heavy (non-hydrogen) atoms. The van der Waals surface area contributed by atoms with Gasteiger partial charge < -0.3 is 25.6 Å². The molecule has 0 bridgehead atoms. The van der Waals surface area contributed by atoms with E-state index in [0.717, 1.165) is 57.1 Å². The minimum Gasteiger partial charge on any atom is -0.444 e. The van der Waals surface area contributed by atoms with Gasteiger partial charge in [-0.05, 0) is 71.0 Å². The summed E-state index contributed by atoms with van der Waals surface area (Å²) in [6.45, 7) is 8.87. The van der Waals surface area contributed by atoms with Crippen molar-refractivity contribution < 1.29 is 19.1 Å². The zero-order chi connectivity index (χ0) is 28.7. The normalized spacial score (nSPS) is 18.2. The second kappa shape index (κ2) is 13.5. The van der Waals surface area contributed by atoms with Crippen molar-refractivity contribution in [3.63, 3.8) is 0 Å². The number of thiophene rings is 1. The maximum atomic E-state index is 13.5. The van der Waals surface area contributed by atoms with Crippen molar-refractivity contribution >= 4 is 40.7 Å². The van der Waals surface area contributed by atoms with Crippen LogP contribution in [0.4, 0.5) is 21.0 Å². The minimum atomic E-state index is -0.632. The molecule has 2 aliphatic rings. The molecule has 4 N–H and O–H groups in total. The van der Waals surface area contributed by atoms with Gasteiger partial charge in [0.1, 0.15) is 11.3 Å². The van der Waals surface area contributed by atoms with Crippen LogP contribution in [0.15, 0.2) is 29.1 Å². The number of aromatic nitrogens is 1. The molecule has 1 aliphatic carbocycles. The first-order valence-corrected chi connectivity index (χ1v) is 15.2. The lowest BCUT2D eigenvalue weighted by molar-refractivity contribution is 0.0635. The summed E-state index contributed by atoms with van der Waals surface area (Å²) in [5.41, 5.74) is 1.39. The van der Waals surface area contributed by atoms with E-state index in [1.54, 1.807) is 43.8 Å². The smallest absolute Gasteiger partial charge is 0.412 e. The van der Waals surface area contributed by atoms with E-state index < -0.39 is 17.6 Å². The van der Waals surface area contributed by atoms with E-state index in [2.05, 4.69) is 33.2 Å². The lowest BCUT2D eigenvalue weighted by Crippen LogP contribution is -2.54. The quantitative estimate of drug-likeness (QED) is 0.305. The van der Waals surface area contributed by atoms with Crippen molar-refractivity contribution in [2.75, 3.05) is 17.2 Å². The summed E-state index contributed by atoms with van der Waals surface area (Å²) in [5.74, 6) is -0.394. The average molecular weight is 571 g/mol. The predicted molar refractivity (Wildman–Crippen MR) is 158 cm³/mol. The first kappa shape index (κ1) is 29.8. The molecule has 10 nitrogen and oxygen atoms in total. The Morgan fingerprint density at radius 3 is 2.42 bits per heavy atom. The zero-order valence-electron chi connectivity index (χ0n) is 23.9. The number of anilines is 2. The zero-order valence-corrected chi connectivity index (χ0v) is 24.7. The number of carbonyl (C=O) groups is 3. The summed E-state index contributed by atoms with van der Waals surface area (Å²) in [4.78, 5) is 44.9. The molecule has 4 amide bonds. The van der Waals surface area contributed by atoms with Crippen LogP contribution in [0.3, 0.4) is 0 Å². The van der Waals surface area contributed by atoms with Crippen LogP contribution in [0.5, 0.6) is 0 Å². The average Bonchev–Trinajstić information content (AvgIpc) is 3.68. The van der Waals surface area contributed by atoms with E-state index in [-0.39, 0.29) is 29.9 Å². The number of rotatable bonds is 9. The number of pyridine rings is 1. The van der Waals surface area contributed by atoms with Gasteiger partial charge in [-0.3, -0.25) is 15.1 Å². The second-order valence-electron chi connectivity index (χ2n) is 11.6. The number of nitrogens with one attached hydrogen (secondary N) is 4. The Morgan fingerprint density at radius 2 is 1.82 bits per heavy atom. The van der Waals surface area contributed by atoms with E-state index in [9.17, 15) is 14.4 Å². The van der Waals surface area contributed by atoms with Gasteiger partial charge in [0.2, 0.25) is 0 Å². The topological polar surface area (TPSA) is 125 Å². The van der Waals surface area contributed by atoms with Gasteiger partial charge in [-0.15, -0.1) is 11.3 Å². The summed E-state index contributed by atoms with van der Waals surface area (Å²) in [6, 6.07) is 4.06. The lowest BCUT2D eigenvalue weighted by atomic mass is 10.0. The first-order chi connectivity index (χ1) is 19.1. The van der Waals surface area contributed by atoms with Crippen molar-refractivity contribution in [1.29, 1.82) is 0 Å². The minimum absolute atomic E-state index is 0.0308. The van der Waals surface area contributed by atoms with Gasteiger partial charge in [-0.25, -0.2) is 9.59 Å². The van der Waals surface area contributed by atoms with E-state index in [0.29, 0.717) is 17.9 Å². The standard InChI is InChI=1S/C29H42N6O4S/c1-5-25(21-11-8-14-30-21)35(27(37)32-20-9-6-7-10-20)16-19-12-13-22(31-15-19)26(36)33-23-17-40-18-24(23)34-28(38)39-29(2,3)4/h12-13,15,17-18,20-21,25,30H,5-11,14,16H2,1-4H3,(H,32,37)(H,33,36)(H,34,38). The van der Waals surface area contributed by atoms with Crippen LogP contribution in [0, 0.1) is 0 Å². The van der Waals surface area contributed by atoms with Crippen molar-refractivity contribution in [2.24, 2.45) is 0 Å². The molecule has 218 valence electrons. The Balaban J connectivity index is 1.42. The Bertz CT molecular complexity index is 1150. The highest BCUT2D eigenvalue weighted by atomic mass is 32.1. The van der Waals surface area contributed by atoms with Crippen LogP contribution in [-0.2, 0) is 11.3 Å². The SMILES string of the molecule is CCC(C1CCCN1)N(Cc1ccc(C(=O)Nc2cscc2NC(=O)OC(C)(C)C)nc1)C(=O)NC1CCCC1. The van der Waals surface area contributed by atoms with Crippen LogP contribution < -0.4 is 21.3 Å². The molecule has 0 aromatic carbocycles. The number of urea groups is 1. The maximum Gasteiger partial charge on any atom is 0.412 e. The number of hydrogen-bond donors (Lipinski definition) is 4.